The maximum absolute atomic E-state index is 9.30. The van der Waals surface area contributed by atoms with Crippen molar-refractivity contribution in [2.75, 3.05) is 32.0 Å². The zero-order chi connectivity index (χ0) is 19.7. The number of aryl methyl sites for hydroxylation is 2. The molecule has 0 amide bonds. The van der Waals surface area contributed by atoms with Crippen LogP contribution in [-0.2, 0) is 7.05 Å². The summed E-state index contributed by atoms with van der Waals surface area (Å²) >= 11 is 0. The number of nitrogens with zero attached hydrogens (tertiary/aromatic N) is 5. The highest BCUT2D eigenvalue weighted by atomic mass is 15.1. The van der Waals surface area contributed by atoms with Crippen LogP contribution in [0.3, 0.4) is 0 Å². The van der Waals surface area contributed by atoms with Crippen LogP contribution in [0.1, 0.15) is 24.2 Å². The van der Waals surface area contributed by atoms with Crippen LogP contribution in [0.2, 0.25) is 0 Å². The molecule has 0 spiro atoms. The number of anilines is 1. The molecule has 2 aromatic heterocycles. The van der Waals surface area contributed by atoms with Crippen molar-refractivity contribution in [1.82, 2.24) is 19.4 Å². The molecule has 0 saturated carbocycles. The minimum atomic E-state index is 0.200. The van der Waals surface area contributed by atoms with Crippen molar-refractivity contribution < 1.29 is 0 Å². The smallest absolute Gasteiger partial charge is 0.234 e. The molecule has 6 heteroatoms. The molecular weight excluding hydrogens is 348 g/mol. The Morgan fingerprint density at radius 1 is 1.25 bits per heavy atom. The van der Waals surface area contributed by atoms with Gasteiger partial charge in [0, 0.05) is 43.0 Å². The summed E-state index contributed by atoms with van der Waals surface area (Å²) in [5.41, 5.74) is 4.94. The number of aromatic nitrogens is 3. The van der Waals surface area contributed by atoms with E-state index in [9.17, 15) is 5.26 Å². The summed E-state index contributed by atoms with van der Waals surface area (Å²) in [7, 11) is 4.13. The Balaban J connectivity index is 1.55. The second-order valence-electron chi connectivity index (χ2n) is 7.83. The normalized spacial score (nSPS) is 17.1. The van der Waals surface area contributed by atoms with Crippen LogP contribution in [-0.4, -0.2) is 46.1 Å². The highest BCUT2D eigenvalue weighted by Gasteiger charge is 2.19. The number of likely N-dealkylation sites (tertiary alicyclic amines) is 1. The van der Waals surface area contributed by atoms with E-state index >= 15 is 0 Å². The van der Waals surface area contributed by atoms with Crippen LogP contribution in [0.25, 0.3) is 22.3 Å². The monoisotopic (exact) mass is 374 g/mol. The van der Waals surface area contributed by atoms with Crippen LogP contribution in [0.4, 0.5) is 5.69 Å². The fourth-order valence-electron chi connectivity index (χ4n) is 4.09. The first-order valence-corrected chi connectivity index (χ1v) is 9.82. The lowest BCUT2D eigenvalue weighted by Crippen LogP contribution is -2.15. The quantitative estimate of drug-likeness (QED) is 0.739. The number of benzene rings is 1. The molecule has 0 radical (unpaired) electrons. The largest absolute Gasteiger partial charge is 0.385 e. The van der Waals surface area contributed by atoms with Gasteiger partial charge < -0.3 is 14.8 Å². The molecule has 144 valence electrons. The molecule has 1 saturated heterocycles. The minimum Gasteiger partial charge on any atom is -0.385 e. The molecule has 1 unspecified atom stereocenters. The molecule has 4 rings (SSSR count). The molecule has 6 nitrogen and oxygen atoms in total. The van der Waals surface area contributed by atoms with Crippen molar-refractivity contribution in [3.63, 3.8) is 0 Å². The van der Waals surface area contributed by atoms with Gasteiger partial charge in [0.25, 0.3) is 0 Å². The van der Waals surface area contributed by atoms with E-state index in [0.717, 1.165) is 40.4 Å². The standard InChI is InChI=1S/C22H26N6/c1-15-12-17(4-5-19(15)24-9-6-16-7-10-27(2)14-16)21-18-8-11-28(3)22(18)26-20(13-23)25-21/h4-5,8,11-12,16,24H,6-7,9-10,14H2,1-3H3. The lowest BCUT2D eigenvalue weighted by molar-refractivity contribution is 0.390. The molecule has 28 heavy (non-hydrogen) atoms. The van der Waals surface area contributed by atoms with Crippen molar-refractivity contribution >= 4 is 16.7 Å². The third-order valence-corrected chi connectivity index (χ3v) is 5.68. The summed E-state index contributed by atoms with van der Waals surface area (Å²) in [5.74, 6) is 1.000. The van der Waals surface area contributed by atoms with Gasteiger partial charge in [-0.05, 0) is 63.0 Å². The second kappa shape index (κ2) is 7.61. The maximum Gasteiger partial charge on any atom is 0.234 e. The third kappa shape index (κ3) is 3.58. The van der Waals surface area contributed by atoms with E-state index in [2.05, 4.69) is 58.4 Å². The zero-order valence-electron chi connectivity index (χ0n) is 16.7. The van der Waals surface area contributed by atoms with Crippen molar-refractivity contribution in [2.24, 2.45) is 13.0 Å². The zero-order valence-corrected chi connectivity index (χ0v) is 16.7. The first kappa shape index (κ1) is 18.5. The topological polar surface area (TPSA) is 69.8 Å². The maximum atomic E-state index is 9.30. The average Bonchev–Trinajstić information content (AvgIpc) is 3.28. The van der Waals surface area contributed by atoms with Gasteiger partial charge in [-0.3, -0.25) is 0 Å². The molecule has 0 bridgehead atoms. The Morgan fingerprint density at radius 2 is 2.11 bits per heavy atom. The minimum absolute atomic E-state index is 0.200. The predicted octanol–water partition coefficient (Wildman–Crippen LogP) is 3.57. The van der Waals surface area contributed by atoms with Gasteiger partial charge >= 0.3 is 0 Å². The Hall–Kier alpha value is -2.91. The first-order chi connectivity index (χ1) is 13.5. The van der Waals surface area contributed by atoms with Crippen molar-refractivity contribution in [3.8, 4) is 17.3 Å². The van der Waals surface area contributed by atoms with E-state index in [1.165, 1.54) is 31.5 Å². The predicted molar refractivity (Wildman–Crippen MR) is 112 cm³/mol. The van der Waals surface area contributed by atoms with Gasteiger partial charge in [-0.2, -0.15) is 5.26 Å². The summed E-state index contributed by atoms with van der Waals surface area (Å²) in [6.45, 7) is 5.54. The Morgan fingerprint density at radius 3 is 2.82 bits per heavy atom. The summed E-state index contributed by atoms with van der Waals surface area (Å²) in [6.07, 6.45) is 4.46. The highest BCUT2D eigenvalue weighted by molar-refractivity contribution is 5.91. The van der Waals surface area contributed by atoms with E-state index in [-0.39, 0.29) is 5.82 Å². The summed E-state index contributed by atoms with van der Waals surface area (Å²) in [6, 6.07) is 10.4. The molecule has 0 aliphatic carbocycles. The van der Waals surface area contributed by atoms with Crippen LogP contribution < -0.4 is 5.32 Å². The number of fused-ring (bicyclic) bond motifs is 1. The Kier molecular flexibility index (Phi) is 5.01. The van der Waals surface area contributed by atoms with Gasteiger partial charge in [-0.1, -0.05) is 6.07 Å². The fraction of sp³-hybridized carbons (Fsp3) is 0.409. The van der Waals surface area contributed by atoms with Gasteiger partial charge in [0.15, 0.2) is 0 Å². The van der Waals surface area contributed by atoms with Crippen LogP contribution in [0, 0.1) is 24.2 Å². The molecule has 1 aromatic carbocycles. The van der Waals surface area contributed by atoms with Crippen LogP contribution >= 0.6 is 0 Å². The number of rotatable bonds is 5. The molecule has 1 atom stereocenters. The Bertz CT molecular complexity index is 1050. The van der Waals surface area contributed by atoms with Gasteiger partial charge in [0.1, 0.15) is 11.7 Å². The van der Waals surface area contributed by atoms with E-state index in [1.807, 2.05) is 23.9 Å². The van der Waals surface area contributed by atoms with Crippen LogP contribution in [0.5, 0.6) is 0 Å². The van der Waals surface area contributed by atoms with Gasteiger partial charge in [0.05, 0.1) is 5.69 Å². The molecule has 3 heterocycles. The molecule has 1 N–H and O–H groups in total. The van der Waals surface area contributed by atoms with E-state index in [1.54, 1.807) is 0 Å². The van der Waals surface area contributed by atoms with E-state index < -0.39 is 0 Å². The molecule has 3 aromatic rings. The van der Waals surface area contributed by atoms with Gasteiger partial charge in [-0.25, -0.2) is 9.97 Å². The fourth-order valence-corrected chi connectivity index (χ4v) is 4.09. The lowest BCUT2D eigenvalue weighted by Gasteiger charge is -2.14. The number of hydrogen-bond acceptors (Lipinski definition) is 5. The molecule has 1 aliphatic rings. The molecule has 1 aliphatic heterocycles. The highest BCUT2D eigenvalue weighted by Crippen LogP contribution is 2.29. The molecule has 1 fully saturated rings. The van der Waals surface area contributed by atoms with Crippen molar-refractivity contribution in [1.29, 1.82) is 5.26 Å². The molecular formula is C22H26N6. The van der Waals surface area contributed by atoms with E-state index in [0.29, 0.717) is 0 Å². The number of hydrogen-bond donors (Lipinski definition) is 1. The lowest BCUT2D eigenvalue weighted by atomic mass is 10.0. The van der Waals surface area contributed by atoms with E-state index in [4.69, 9.17) is 0 Å². The summed E-state index contributed by atoms with van der Waals surface area (Å²) in [5, 5.41) is 13.9. The van der Waals surface area contributed by atoms with Gasteiger partial charge in [0.2, 0.25) is 5.82 Å². The Labute approximate surface area is 165 Å². The SMILES string of the molecule is Cc1cc(-c2nc(C#N)nc3c2ccn3C)ccc1NCCC1CCN(C)C1. The van der Waals surface area contributed by atoms with Crippen molar-refractivity contribution in [2.45, 2.75) is 19.8 Å². The number of nitrogens with one attached hydrogen (secondary N) is 1. The second-order valence-corrected chi connectivity index (χ2v) is 7.83. The van der Waals surface area contributed by atoms with Crippen molar-refractivity contribution in [3.05, 3.63) is 41.9 Å². The third-order valence-electron chi connectivity index (χ3n) is 5.68. The number of nitriles is 1. The first-order valence-electron chi connectivity index (χ1n) is 9.82. The average molecular weight is 374 g/mol. The summed E-state index contributed by atoms with van der Waals surface area (Å²) in [4.78, 5) is 11.2. The van der Waals surface area contributed by atoms with Crippen LogP contribution in [0.15, 0.2) is 30.5 Å². The summed E-state index contributed by atoms with van der Waals surface area (Å²) < 4.78 is 1.92. The van der Waals surface area contributed by atoms with Gasteiger partial charge in [-0.15, -0.1) is 0 Å².